The fourth-order valence-corrected chi connectivity index (χ4v) is 2.78. The van der Waals surface area contributed by atoms with Crippen LogP contribution in [-0.4, -0.2) is 8.42 Å². The number of nitrogens with two attached hydrogens (primary N) is 1. The van der Waals surface area contributed by atoms with Crippen molar-refractivity contribution in [3.63, 3.8) is 0 Å². The smallest absolute Gasteiger partial charge is 0.238 e. The first-order chi connectivity index (χ1) is 9.77. The number of sulfonamides is 1. The molecule has 7 heteroatoms. The molecule has 112 valence electrons. The molecule has 0 aromatic heterocycles. The Labute approximate surface area is 131 Å². The summed E-state index contributed by atoms with van der Waals surface area (Å²) in [5, 5.41) is 8.24. The van der Waals surface area contributed by atoms with Crippen LogP contribution >= 0.6 is 15.9 Å². The quantitative estimate of drug-likeness (QED) is 0.865. The van der Waals surface area contributed by atoms with Crippen molar-refractivity contribution in [3.05, 3.63) is 57.8 Å². The Morgan fingerprint density at radius 2 is 1.95 bits per heavy atom. The van der Waals surface area contributed by atoms with E-state index in [2.05, 4.69) is 21.2 Å². The van der Waals surface area contributed by atoms with Gasteiger partial charge in [0.15, 0.2) is 0 Å². The summed E-state index contributed by atoms with van der Waals surface area (Å²) in [7, 11) is -3.73. The van der Waals surface area contributed by atoms with Crippen molar-refractivity contribution in [3.8, 4) is 0 Å². The van der Waals surface area contributed by atoms with Crippen LogP contribution in [0.15, 0.2) is 45.8 Å². The van der Waals surface area contributed by atoms with E-state index in [1.807, 2.05) is 6.92 Å². The number of nitrogens with one attached hydrogen (secondary N) is 1. The van der Waals surface area contributed by atoms with E-state index >= 15 is 0 Å². The lowest BCUT2D eigenvalue weighted by Crippen LogP contribution is -2.13. The molecule has 0 amide bonds. The molecule has 2 aromatic carbocycles. The zero-order valence-electron chi connectivity index (χ0n) is 11.2. The number of halogens is 2. The number of aryl methyl sites for hydroxylation is 1. The molecule has 0 unspecified atom stereocenters. The Hall–Kier alpha value is -1.44. The molecule has 0 atom stereocenters. The highest BCUT2D eigenvalue weighted by atomic mass is 79.9. The number of hydrogen-bond acceptors (Lipinski definition) is 3. The highest BCUT2D eigenvalue weighted by molar-refractivity contribution is 9.10. The average Bonchev–Trinajstić information content (AvgIpc) is 2.40. The number of rotatable bonds is 4. The van der Waals surface area contributed by atoms with Gasteiger partial charge < -0.3 is 5.32 Å². The standard InChI is InChI=1S/C14H14BrFN2O2S/c1-9-2-4-11(21(17,19)20)7-14(9)18-8-10-3-5-13(16)12(15)6-10/h2-7,18H,8H2,1H3,(H2,17,19,20). The molecule has 0 saturated carbocycles. The molecule has 0 saturated heterocycles. The molecule has 0 heterocycles. The summed E-state index contributed by atoms with van der Waals surface area (Å²) in [4.78, 5) is 0.0517. The van der Waals surface area contributed by atoms with E-state index in [4.69, 9.17) is 5.14 Å². The highest BCUT2D eigenvalue weighted by Gasteiger charge is 2.10. The summed E-state index contributed by atoms with van der Waals surface area (Å²) in [6.45, 7) is 2.30. The van der Waals surface area contributed by atoms with E-state index in [-0.39, 0.29) is 10.7 Å². The fraction of sp³-hybridized carbons (Fsp3) is 0.143. The summed E-state index contributed by atoms with van der Waals surface area (Å²) in [6, 6.07) is 9.33. The maximum absolute atomic E-state index is 13.2. The Balaban J connectivity index is 2.21. The lowest BCUT2D eigenvalue weighted by molar-refractivity contribution is 0.598. The summed E-state index contributed by atoms with van der Waals surface area (Å²) in [6.07, 6.45) is 0. The predicted octanol–water partition coefficient (Wildman–Crippen LogP) is 3.16. The molecule has 0 bridgehead atoms. The van der Waals surface area contributed by atoms with Crippen LogP contribution in [0.25, 0.3) is 0 Å². The molecule has 2 aromatic rings. The lowest BCUT2D eigenvalue weighted by Gasteiger charge is -2.11. The van der Waals surface area contributed by atoms with E-state index in [0.29, 0.717) is 16.7 Å². The minimum absolute atomic E-state index is 0.0517. The highest BCUT2D eigenvalue weighted by Crippen LogP contribution is 2.21. The molecule has 4 nitrogen and oxygen atoms in total. The van der Waals surface area contributed by atoms with Crippen molar-refractivity contribution < 1.29 is 12.8 Å². The SMILES string of the molecule is Cc1ccc(S(N)(=O)=O)cc1NCc1ccc(F)c(Br)c1. The van der Waals surface area contributed by atoms with Crippen molar-refractivity contribution in [1.29, 1.82) is 0 Å². The van der Waals surface area contributed by atoms with Crippen molar-refractivity contribution >= 4 is 31.6 Å². The Morgan fingerprint density at radius 1 is 1.24 bits per heavy atom. The van der Waals surface area contributed by atoms with Gasteiger partial charge in [-0.05, 0) is 58.2 Å². The second kappa shape index (κ2) is 6.13. The van der Waals surface area contributed by atoms with Crippen molar-refractivity contribution in [2.24, 2.45) is 5.14 Å². The van der Waals surface area contributed by atoms with Crippen LogP contribution in [0.4, 0.5) is 10.1 Å². The van der Waals surface area contributed by atoms with E-state index < -0.39 is 10.0 Å². The first-order valence-electron chi connectivity index (χ1n) is 6.08. The molecule has 2 rings (SSSR count). The molecule has 0 radical (unpaired) electrons. The maximum Gasteiger partial charge on any atom is 0.238 e. The van der Waals surface area contributed by atoms with Crippen molar-refractivity contribution in [1.82, 2.24) is 0 Å². The maximum atomic E-state index is 13.2. The van der Waals surface area contributed by atoms with Gasteiger partial charge in [0.05, 0.1) is 9.37 Å². The Kier molecular flexibility index (Phi) is 4.65. The second-order valence-corrected chi connectivity index (χ2v) is 7.04. The van der Waals surface area contributed by atoms with E-state index in [1.54, 1.807) is 18.2 Å². The van der Waals surface area contributed by atoms with Gasteiger partial charge in [-0.3, -0.25) is 0 Å². The van der Waals surface area contributed by atoms with E-state index in [9.17, 15) is 12.8 Å². The minimum atomic E-state index is -3.73. The van der Waals surface area contributed by atoms with Crippen LogP contribution in [0, 0.1) is 12.7 Å². The van der Waals surface area contributed by atoms with Gasteiger partial charge in [-0.25, -0.2) is 17.9 Å². The molecule has 0 spiro atoms. The third-order valence-corrected chi connectivity index (χ3v) is 4.52. The minimum Gasteiger partial charge on any atom is -0.381 e. The summed E-state index contributed by atoms with van der Waals surface area (Å²) >= 11 is 3.13. The molecule has 0 aliphatic carbocycles. The van der Waals surface area contributed by atoms with Gasteiger partial charge >= 0.3 is 0 Å². The third-order valence-electron chi connectivity index (χ3n) is 3.00. The Bertz CT molecular complexity index is 779. The Morgan fingerprint density at radius 3 is 2.57 bits per heavy atom. The molecule has 21 heavy (non-hydrogen) atoms. The molecule has 3 N–H and O–H groups in total. The average molecular weight is 373 g/mol. The summed E-state index contributed by atoms with van der Waals surface area (Å²) in [5.41, 5.74) is 2.43. The van der Waals surface area contributed by atoms with Crippen LogP contribution in [0.3, 0.4) is 0 Å². The number of anilines is 1. The normalized spacial score (nSPS) is 11.4. The van der Waals surface area contributed by atoms with Gasteiger partial charge in [0, 0.05) is 12.2 Å². The van der Waals surface area contributed by atoms with Gasteiger partial charge in [0.2, 0.25) is 10.0 Å². The fourth-order valence-electron chi connectivity index (χ4n) is 1.82. The molecule has 0 aliphatic heterocycles. The van der Waals surface area contributed by atoms with E-state index in [0.717, 1.165) is 11.1 Å². The molecular formula is C14H14BrFN2O2S. The van der Waals surface area contributed by atoms with Crippen LogP contribution in [0.2, 0.25) is 0 Å². The van der Waals surface area contributed by atoms with Crippen molar-refractivity contribution in [2.45, 2.75) is 18.4 Å². The topological polar surface area (TPSA) is 72.2 Å². The van der Waals surface area contributed by atoms with Gasteiger partial charge in [-0.2, -0.15) is 0 Å². The van der Waals surface area contributed by atoms with Gasteiger partial charge in [-0.15, -0.1) is 0 Å². The largest absolute Gasteiger partial charge is 0.381 e. The second-order valence-electron chi connectivity index (χ2n) is 4.62. The van der Waals surface area contributed by atoms with Gasteiger partial charge in [0.25, 0.3) is 0 Å². The third kappa shape index (κ3) is 4.03. The molecular weight excluding hydrogens is 359 g/mol. The molecule has 0 fully saturated rings. The lowest BCUT2D eigenvalue weighted by atomic mass is 10.1. The number of hydrogen-bond donors (Lipinski definition) is 2. The van der Waals surface area contributed by atoms with Crippen LogP contribution in [0.5, 0.6) is 0 Å². The van der Waals surface area contributed by atoms with Crippen LogP contribution < -0.4 is 10.5 Å². The van der Waals surface area contributed by atoms with Crippen LogP contribution in [-0.2, 0) is 16.6 Å². The zero-order chi connectivity index (χ0) is 15.6. The van der Waals surface area contributed by atoms with Gasteiger partial charge in [-0.1, -0.05) is 12.1 Å². The van der Waals surface area contributed by atoms with Crippen LogP contribution in [0.1, 0.15) is 11.1 Å². The zero-order valence-corrected chi connectivity index (χ0v) is 13.6. The predicted molar refractivity (Wildman–Crippen MR) is 84.0 cm³/mol. The van der Waals surface area contributed by atoms with E-state index in [1.165, 1.54) is 18.2 Å². The monoisotopic (exact) mass is 372 g/mol. The first kappa shape index (κ1) is 15.9. The molecule has 0 aliphatic rings. The first-order valence-corrected chi connectivity index (χ1v) is 8.42. The summed E-state index contributed by atoms with van der Waals surface area (Å²) in [5.74, 6) is -0.328. The van der Waals surface area contributed by atoms with Crippen molar-refractivity contribution in [2.75, 3.05) is 5.32 Å². The van der Waals surface area contributed by atoms with Gasteiger partial charge in [0.1, 0.15) is 5.82 Å². The summed E-state index contributed by atoms with van der Waals surface area (Å²) < 4.78 is 36.3. The number of primary sulfonamides is 1. The number of benzene rings is 2.